The zero-order chi connectivity index (χ0) is 25.7. The summed E-state index contributed by atoms with van der Waals surface area (Å²) in [6, 6.07) is 5.67. The maximum atomic E-state index is 14.1. The van der Waals surface area contributed by atoms with Gasteiger partial charge >= 0.3 is 5.76 Å². The molecule has 0 saturated carbocycles. The third-order valence-electron chi connectivity index (χ3n) is 6.47. The van der Waals surface area contributed by atoms with Crippen LogP contribution in [0.25, 0.3) is 10.9 Å². The van der Waals surface area contributed by atoms with E-state index in [1.165, 1.54) is 0 Å². The van der Waals surface area contributed by atoms with Crippen molar-refractivity contribution >= 4 is 40.8 Å². The molecule has 10 nitrogen and oxygen atoms in total. The topological polar surface area (TPSA) is 115 Å². The number of ether oxygens (including phenoxy) is 2. The van der Waals surface area contributed by atoms with Crippen molar-refractivity contribution in [3.8, 4) is 5.75 Å². The van der Waals surface area contributed by atoms with Gasteiger partial charge in [0.2, 0.25) is 0 Å². The number of amides is 1. The average molecular weight is 556 g/mol. The summed E-state index contributed by atoms with van der Waals surface area (Å²) in [6.07, 6.45) is 3.61. The molecular formula is C25H35Cl2N5O5. The van der Waals surface area contributed by atoms with E-state index in [4.69, 9.17) is 21.1 Å². The average Bonchev–Trinajstić information content (AvgIpc) is 3.41. The number of unbranched alkanes of at least 4 members (excludes halogenated alkanes) is 1. The Bertz CT molecular complexity index is 1230. The van der Waals surface area contributed by atoms with Crippen LogP contribution in [0.2, 0.25) is 5.02 Å². The fourth-order valence-electron chi connectivity index (χ4n) is 4.89. The minimum absolute atomic E-state index is 0. The van der Waals surface area contributed by atoms with E-state index in [0.717, 1.165) is 49.7 Å². The molecule has 2 N–H and O–H groups in total. The van der Waals surface area contributed by atoms with Crippen LogP contribution in [0.4, 0.5) is 0 Å². The molecule has 0 unspecified atom stereocenters. The number of carbonyl (C=O) groups is 1. The second-order valence-electron chi connectivity index (χ2n) is 9.30. The van der Waals surface area contributed by atoms with E-state index in [-0.39, 0.29) is 42.8 Å². The van der Waals surface area contributed by atoms with Crippen LogP contribution in [0.3, 0.4) is 0 Å². The van der Waals surface area contributed by atoms with Crippen molar-refractivity contribution in [3.05, 3.63) is 45.3 Å². The lowest BCUT2D eigenvalue weighted by Crippen LogP contribution is -2.52. The summed E-state index contributed by atoms with van der Waals surface area (Å²) in [6.45, 7) is 7.02. The van der Waals surface area contributed by atoms with Gasteiger partial charge in [-0.15, -0.1) is 12.4 Å². The van der Waals surface area contributed by atoms with Crippen molar-refractivity contribution in [1.82, 2.24) is 24.9 Å². The molecule has 204 valence electrons. The van der Waals surface area contributed by atoms with Crippen LogP contribution in [0, 0.1) is 0 Å². The number of aromatic amines is 1. The molecule has 0 radical (unpaired) electrons. The van der Waals surface area contributed by atoms with E-state index in [1.54, 1.807) is 7.11 Å². The Morgan fingerprint density at radius 2 is 2.16 bits per heavy atom. The van der Waals surface area contributed by atoms with Crippen molar-refractivity contribution in [2.45, 2.75) is 64.8 Å². The number of H-pyrrole nitrogens is 1. The van der Waals surface area contributed by atoms with Crippen LogP contribution in [0.15, 0.2) is 27.5 Å². The Morgan fingerprint density at radius 3 is 2.81 bits per heavy atom. The summed E-state index contributed by atoms with van der Waals surface area (Å²) in [5.74, 6) is 0.0847. The molecule has 2 aromatic heterocycles. The predicted molar refractivity (Wildman–Crippen MR) is 144 cm³/mol. The molecule has 3 heterocycles. The van der Waals surface area contributed by atoms with Gasteiger partial charge in [0.15, 0.2) is 5.82 Å². The number of fused-ring (bicyclic) bond motifs is 1. The number of hydrogen-bond donors (Lipinski definition) is 2. The van der Waals surface area contributed by atoms with Gasteiger partial charge in [-0.2, -0.15) is 0 Å². The van der Waals surface area contributed by atoms with Crippen LogP contribution < -0.4 is 15.8 Å². The number of rotatable bonds is 11. The molecule has 1 amide bonds. The Kier molecular flexibility index (Phi) is 10.5. The molecule has 0 aliphatic carbocycles. The summed E-state index contributed by atoms with van der Waals surface area (Å²) in [7, 11) is 1.68. The molecule has 1 fully saturated rings. The molecule has 37 heavy (non-hydrogen) atoms. The molecule has 4 rings (SSSR count). The van der Waals surface area contributed by atoms with Crippen LogP contribution in [0.5, 0.6) is 5.75 Å². The van der Waals surface area contributed by atoms with Gasteiger partial charge in [-0.25, -0.2) is 4.79 Å². The van der Waals surface area contributed by atoms with E-state index in [2.05, 4.69) is 20.0 Å². The second kappa shape index (κ2) is 13.3. The van der Waals surface area contributed by atoms with Gasteiger partial charge in [0.1, 0.15) is 18.1 Å². The lowest BCUT2D eigenvalue weighted by molar-refractivity contribution is 0.0562. The minimum atomic E-state index is -0.643. The Balaban J connectivity index is 0.00000380. The van der Waals surface area contributed by atoms with Gasteiger partial charge in [0.25, 0.3) is 5.91 Å². The number of para-hydroxylation sites is 1. The summed E-state index contributed by atoms with van der Waals surface area (Å²) in [5.41, 5.74) is 1.20. The number of methoxy groups -OCH3 is 1. The number of carbonyl (C=O) groups excluding carboxylic acids is 1. The minimum Gasteiger partial charge on any atom is -0.483 e. The summed E-state index contributed by atoms with van der Waals surface area (Å²) >= 11 is 6.94. The molecule has 1 atom stereocenters. The standard InChI is InChI=1S/C25H34ClN5O5.ClH/c1-16(2)31(17-8-7-11-27-14-17)24(32)23-21(26)18-9-6-10-19(35-15-20-28-25(33)36-29-20)22(18)30(23)12-4-5-13-34-3;/h6,9-10,16-17,27H,4-5,7-8,11-15H2,1-3H3,(H,28,29,33);1H/t17-;/m1./s1. The van der Waals surface area contributed by atoms with Gasteiger partial charge in [0, 0.05) is 44.3 Å². The molecule has 3 aromatic rings. The normalized spacial score (nSPS) is 15.6. The first kappa shape index (κ1) is 29.0. The van der Waals surface area contributed by atoms with Gasteiger partial charge in [0.05, 0.1) is 10.5 Å². The highest BCUT2D eigenvalue weighted by Crippen LogP contribution is 2.38. The lowest BCUT2D eigenvalue weighted by atomic mass is 10.0. The number of aromatic nitrogens is 3. The smallest absolute Gasteiger partial charge is 0.439 e. The summed E-state index contributed by atoms with van der Waals surface area (Å²) < 4.78 is 17.8. The SMILES string of the molecule is COCCCCn1c(C(=O)N(C(C)C)[C@@H]2CCCNC2)c(Cl)c2cccc(OCc3noc(=O)[nH]3)c21.Cl. The van der Waals surface area contributed by atoms with Gasteiger partial charge < -0.3 is 24.3 Å². The molecular weight excluding hydrogens is 521 g/mol. The molecule has 1 saturated heterocycles. The van der Waals surface area contributed by atoms with Gasteiger partial charge in [-0.05, 0) is 52.1 Å². The fourth-order valence-corrected chi connectivity index (χ4v) is 5.22. The predicted octanol–water partition coefficient (Wildman–Crippen LogP) is 4.00. The second-order valence-corrected chi connectivity index (χ2v) is 9.68. The summed E-state index contributed by atoms with van der Waals surface area (Å²) in [4.78, 5) is 29.9. The third-order valence-corrected chi connectivity index (χ3v) is 6.85. The first-order chi connectivity index (χ1) is 17.4. The first-order valence-corrected chi connectivity index (χ1v) is 12.8. The van der Waals surface area contributed by atoms with Crippen molar-refractivity contribution in [3.63, 3.8) is 0 Å². The highest BCUT2D eigenvalue weighted by molar-refractivity contribution is 6.39. The summed E-state index contributed by atoms with van der Waals surface area (Å²) in [5, 5.41) is 8.24. The number of piperidine rings is 1. The van der Waals surface area contributed by atoms with Crippen LogP contribution in [-0.4, -0.2) is 64.4 Å². The number of hydrogen-bond acceptors (Lipinski definition) is 7. The maximum Gasteiger partial charge on any atom is 0.439 e. The fraction of sp³-hybridized carbons (Fsp3) is 0.560. The molecule has 1 aliphatic heterocycles. The highest BCUT2D eigenvalue weighted by atomic mass is 35.5. The van der Waals surface area contributed by atoms with Crippen molar-refractivity contribution in [2.24, 2.45) is 0 Å². The maximum absolute atomic E-state index is 14.1. The van der Waals surface area contributed by atoms with Crippen molar-refractivity contribution < 1.29 is 18.8 Å². The lowest BCUT2D eigenvalue weighted by Gasteiger charge is -2.38. The highest BCUT2D eigenvalue weighted by Gasteiger charge is 2.33. The van der Waals surface area contributed by atoms with Gasteiger partial charge in [-0.1, -0.05) is 28.9 Å². The van der Waals surface area contributed by atoms with Crippen LogP contribution in [0.1, 0.15) is 55.8 Å². The van der Waals surface area contributed by atoms with E-state index in [0.29, 0.717) is 29.6 Å². The zero-order valence-corrected chi connectivity index (χ0v) is 23.0. The zero-order valence-electron chi connectivity index (χ0n) is 21.4. The van der Waals surface area contributed by atoms with Crippen molar-refractivity contribution in [1.29, 1.82) is 0 Å². The Labute approximate surface area is 227 Å². The van der Waals surface area contributed by atoms with E-state index in [1.807, 2.05) is 41.5 Å². The monoisotopic (exact) mass is 555 g/mol. The largest absolute Gasteiger partial charge is 0.483 e. The number of nitrogens with zero attached hydrogens (tertiary/aromatic N) is 3. The van der Waals surface area contributed by atoms with E-state index < -0.39 is 5.76 Å². The van der Waals surface area contributed by atoms with Gasteiger partial charge in [-0.3, -0.25) is 14.3 Å². The van der Waals surface area contributed by atoms with Crippen molar-refractivity contribution in [2.75, 3.05) is 26.8 Å². The Hall–Kier alpha value is -2.53. The van der Waals surface area contributed by atoms with Crippen LogP contribution in [-0.2, 0) is 17.9 Å². The number of nitrogens with one attached hydrogen (secondary N) is 2. The first-order valence-electron chi connectivity index (χ1n) is 12.4. The number of aryl methyl sites for hydroxylation is 1. The molecule has 1 aliphatic rings. The number of halogens is 2. The van der Waals surface area contributed by atoms with E-state index >= 15 is 0 Å². The van der Waals surface area contributed by atoms with Crippen LogP contribution >= 0.6 is 24.0 Å². The molecule has 1 aromatic carbocycles. The molecule has 0 spiro atoms. The van der Waals surface area contributed by atoms with E-state index in [9.17, 15) is 9.59 Å². The molecule has 12 heteroatoms. The third kappa shape index (κ3) is 6.49. The molecule has 0 bridgehead atoms. The number of benzene rings is 1. The Morgan fingerprint density at radius 1 is 1.35 bits per heavy atom. The quantitative estimate of drug-likeness (QED) is 0.343.